The minimum atomic E-state index is -1.67. The predicted octanol–water partition coefficient (Wildman–Crippen LogP) is 11.4. The monoisotopic (exact) mass is 1230 g/mol. The number of carboxylic acids is 1. The van der Waals surface area contributed by atoms with E-state index in [9.17, 15) is 14.7 Å². The molecule has 0 aliphatic carbocycles. The number of hydrogen-bond donors (Lipinski definition) is 1. The normalized spacial score (nSPS) is 18.6. The van der Waals surface area contributed by atoms with E-state index in [1.165, 1.54) is 0 Å². The molecule has 4 aromatic rings. The van der Waals surface area contributed by atoms with Crippen molar-refractivity contribution in [2.75, 3.05) is 10.0 Å². The average molecular weight is 1230 g/mol. The standard InChI is InChI=1S/C18H14Cl3N2O.C18H15Cl2N2O2.Cl2OS.2W/c1-2-13-16(18(21)24)22-23(15-9-8-12(19)10-14(15)20)17(13)11-6-4-3-5-7-11;1-2-13-16(18(23)24)21-22(15-9-8-12(19)10-14(15)20)17(13)11-6-4-3-5-7-11;1-4(2)3;;/h4-10,13,17H,2H2,1H3;4-10,13,17H,2H2,1H3,(H,23,24);;;/q2*-1;;;. The molecule has 4 aromatic carbocycles. The first-order chi connectivity index (χ1) is 24.8. The van der Waals surface area contributed by atoms with E-state index in [-0.39, 0.29) is 71.8 Å². The van der Waals surface area contributed by atoms with Crippen molar-refractivity contribution >= 4 is 123 Å². The van der Waals surface area contributed by atoms with Gasteiger partial charge in [0.1, 0.15) is 5.71 Å². The number of aliphatic carboxylic acids is 1. The summed E-state index contributed by atoms with van der Waals surface area (Å²) in [6.45, 7) is 3.97. The summed E-state index contributed by atoms with van der Waals surface area (Å²) in [5.41, 5.74) is 3.79. The molecule has 2 heterocycles. The maximum absolute atomic E-state index is 11.9. The Morgan fingerprint density at radius 3 is 1.37 bits per heavy atom. The maximum Gasteiger partial charge on any atom is 0.352 e. The Morgan fingerprint density at radius 1 is 0.704 bits per heavy atom. The molecule has 0 fully saturated rings. The van der Waals surface area contributed by atoms with Crippen LogP contribution in [-0.4, -0.2) is 32.0 Å². The average Bonchev–Trinajstić information content (AvgIpc) is 3.69. The number of benzene rings is 4. The summed E-state index contributed by atoms with van der Waals surface area (Å²) in [5.74, 6) is -1.37. The van der Waals surface area contributed by atoms with Crippen molar-refractivity contribution in [2.24, 2.45) is 22.0 Å². The zero-order valence-electron chi connectivity index (χ0n) is 28.1. The molecule has 1 N–H and O–H groups in total. The van der Waals surface area contributed by atoms with E-state index in [1.807, 2.05) is 62.4 Å². The predicted molar refractivity (Wildman–Crippen MR) is 215 cm³/mol. The summed E-state index contributed by atoms with van der Waals surface area (Å²) < 4.78 is 9.09. The van der Waals surface area contributed by atoms with Gasteiger partial charge in [-0.05, 0) is 60.8 Å². The Labute approximate surface area is 379 Å². The molecule has 0 aromatic heterocycles. The fourth-order valence-electron chi connectivity index (χ4n) is 6.05. The van der Waals surface area contributed by atoms with Crippen molar-refractivity contribution in [2.45, 2.75) is 38.8 Å². The maximum atomic E-state index is 11.9. The van der Waals surface area contributed by atoms with Crippen LogP contribution < -0.4 is 10.0 Å². The van der Waals surface area contributed by atoms with E-state index in [1.54, 1.807) is 46.4 Å². The molecule has 0 bridgehead atoms. The molecular formula is C36H29Cl7N4O4SW2-2. The van der Waals surface area contributed by atoms with Gasteiger partial charge in [0.25, 0.3) is 5.24 Å². The summed E-state index contributed by atoms with van der Waals surface area (Å²) >= 11 is 30.4. The molecule has 6 rings (SSSR count). The van der Waals surface area contributed by atoms with Gasteiger partial charge in [-0.3, -0.25) is 14.8 Å². The molecule has 2 aliphatic rings. The number of carbonyl (C=O) groups excluding carboxylic acids is 1. The van der Waals surface area contributed by atoms with Crippen LogP contribution in [0.4, 0.5) is 11.4 Å². The molecule has 0 saturated heterocycles. The number of hydrogen-bond acceptors (Lipinski definition) is 7. The molecule has 18 heteroatoms. The molecule has 4 unspecified atom stereocenters. The fourth-order valence-corrected chi connectivity index (χ4v) is 7.22. The van der Waals surface area contributed by atoms with Crippen molar-refractivity contribution in [3.05, 3.63) is 128 Å². The molecule has 0 amide bonds. The first-order valence-corrected chi connectivity index (χ1v) is 20.2. The Hall–Kier alpha value is -1.48. The molecule has 286 valence electrons. The first kappa shape index (κ1) is 48.7. The Balaban J connectivity index is 0.000000329. The second-order valence-corrected chi connectivity index (χ2v) is 15.8. The van der Waals surface area contributed by atoms with Crippen LogP contribution in [0.5, 0.6) is 0 Å². The zero-order valence-corrected chi connectivity index (χ0v) is 40.1. The fraction of sp³-hybridized carbons (Fsp3) is 0.222. The third-order valence-electron chi connectivity index (χ3n) is 8.21. The van der Waals surface area contributed by atoms with E-state index in [2.05, 4.69) is 43.7 Å². The third kappa shape index (κ3) is 12.3. The van der Waals surface area contributed by atoms with Crippen molar-refractivity contribution in [1.82, 2.24) is 0 Å². The largest absolute Gasteiger partial charge is 0.477 e. The van der Waals surface area contributed by atoms with Gasteiger partial charge in [0.2, 0.25) is 9.23 Å². The van der Waals surface area contributed by atoms with Crippen LogP contribution in [0.25, 0.3) is 0 Å². The molecule has 54 heavy (non-hydrogen) atoms. The van der Waals surface area contributed by atoms with Crippen molar-refractivity contribution < 1.29 is 61.0 Å². The van der Waals surface area contributed by atoms with E-state index in [0.717, 1.165) is 17.5 Å². The van der Waals surface area contributed by atoms with Gasteiger partial charge in [-0.15, -0.1) is 11.1 Å². The van der Waals surface area contributed by atoms with Gasteiger partial charge in [-0.1, -0.05) is 60.3 Å². The Kier molecular flexibility index (Phi) is 20.8. The van der Waals surface area contributed by atoms with Crippen LogP contribution in [0.3, 0.4) is 0 Å². The number of carbonyl (C=O) groups is 2. The van der Waals surface area contributed by atoms with Crippen LogP contribution in [0.1, 0.15) is 49.9 Å². The minimum absolute atomic E-state index is 0. The van der Waals surface area contributed by atoms with Gasteiger partial charge in [0.15, 0.2) is 5.71 Å². The number of nitrogens with zero attached hydrogens (tertiary/aromatic N) is 4. The number of hydrazone groups is 2. The van der Waals surface area contributed by atoms with Crippen LogP contribution in [0.2, 0.25) is 20.1 Å². The van der Waals surface area contributed by atoms with Crippen LogP contribution in [0.15, 0.2) is 95.1 Å². The zero-order chi connectivity index (χ0) is 38.1. The third-order valence-corrected chi connectivity index (χ3v) is 9.48. The summed E-state index contributed by atoms with van der Waals surface area (Å²) in [6, 6.07) is 30.9. The molecule has 2 aliphatic heterocycles. The first-order valence-electron chi connectivity index (χ1n) is 15.5. The van der Waals surface area contributed by atoms with Gasteiger partial charge >= 0.3 is 5.97 Å². The molecule has 0 saturated carbocycles. The van der Waals surface area contributed by atoms with Crippen molar-refractivity contribution in [3.63, 3.8) is 0 Å². The van der Waals surface area contributed by atoms with E-state index in [0.29, 0.717) is 43.6 Å². The summed E-state index contributed by atoms with van der Waals surface area (Å²) in [4.78, 5) is 23.5. The second-order valence-electron chi connectivity index (χ2n) is 11.2. The Bertz CT molecular complexity index is 1840. The second kappa shape index (κ2) is 23.1. The SMILES string of the molecule is CCC1C(C(=O)Cl)=NN(c2ccc(Cl)cc2Cl)C1c1cc[c-]cc1.CCC1C(C(=O)O)=NN(c2ccc(Cl)cc2Cl)C1c1cc[c-]cc1.O=S(Cl)Cl.[W].[W]. The summed E-state index contributed by atoms with van der Waals surface area (Å²) in [5, 5.41) is 23.3. The number of anilines is 2. The quantitative estimate of drug-likeness (QED) is 0.139. The number of halogens is 7. The summed E-state index contributed by atoms with van der Waals surface area (Å²) in [6.07, 6.45) is 1.37. The Morgan fingerprint density at radius 2 is 1.06 bits per heavy atom. The van der Waals surface area contributed by atoms with Gasteiger partial charge in [-0.25, -0.2) is 9.00 Å². The number of carboxylic acid groups (broad SMARTS) is 1. The van der Waals surface area contributed by atoms with Crippen LogP contribution in [-0.2, 0) is 60.9 Å². The van der Waals surface area contributed by atoms with Crippen LogP contribution in [0, 0.1) is 24.0 Å². The van der Waals surface area contributed by atoms with E-state index < -0.39 is 20.4 Å². The molecular weight excluding hydrogens is 1200 g/mol. The smallest absolute Gasteiger partial charge is 0.352 e. The molecule has 8 nitrogen and oxygen atoms in total. The van der Waals surface area contributed by atoms with E-state index >= 15 is 0 Å². The van der Waals surface area contributed by atoms with Crippen LogP contribution >= 0.6 is 79.4 Å². The minimum Gasteiger partial charge on any atom is -0.477 e. The van der Waals surface area contributed by atoms with Crippen molar-refractivity contribution in [3.8, 4) is 0 Å². The molecule has 0 radical (unpaired) electrons. The molecule has 0 spiro atoms. The summed E-state index contributed by atoms with van der Waals surface area (Å²) in [7, 11) is 7.36. The van der Waals surface area contributed by atoms with E-state index in [4.69, 9.17) is 62.2 Å². The van der Waals surface area contributed by atoms with Crippen molar-refractivity contribution in [1.29, 1.82) is 0 Å². The van der Waals surface area contributed by atoms with Gasteiger partial charge in [0.05, 0.1) is 33.5 Å². The molecule has 4 atom stereocenters. The van der Waals surface area contributed by atoms with Gasteiger partial charge in [0, 0.05) is 85.4 Å². The number of rotatable bonds is 8. The van der Waals surface area contributed by atoms with Gasteiger partial charge < -0.3 is 5.11 Å². The van der Waals surface area contributed by atoms with Gasteiger partial charge in [-0.2, -0.15) is 70.9 Å². The topological polar surface area (TPSA) is 103 Å².